The summed E-state index contributed by atoms with van der Waals surface area (Å²) in [5.74, 6) is 1.66. The van der Waals surface area contributed by atoms with E-state index in [9.17, 15) is 0 Å². The first-order valence-electron chi connectivity index (χ1n) is 7.55. The Kier molecular flexibility index (Phi) is 5.38. The Hall–Kier alpha value is -1.13. The lowest BCUT2D eigenvalue weighted by Gasteiger charge is -2.20. The van der Waals surface area contributed by atoms with E-state index in [0.29, 0.717) is 6.04 Å². The number of hydrogen-bond donors (Lipinski definition) is 1. The van der Waals surface area contributed by atoms with Gasteiger partial charge in [0.15, 0.2) is 0 Å². The zero-order valence-electron chi connectivity index (χ0n) is 13.1. The normalized spacial score (nSPS) is 19.8. The third-order valence-electron chi connectivity index (χ3n) is 4.00. The van der Waals surface area contributed by atoms with Crippen molar-refractivity contribution in [2.45, 2.75) is 39.8 Å². The topological polar surface area (TPSA) is 37.4 Å². The highest BCUT2D eigenvalue weighted by Crippen LogP contribution is 2.18. The molecule has 0 aliphatic carbocycles. The molecule has 1 fully saturated rings. The van der Waals surface area contributed by atoms with Crippen molar-refractivity contribution in [1.82, 2.24) is 15.2 Å². The average Bonchev–Trinajstić information content (AvgIpc) is 2.87. The van der Waals surface area contributed by atoms with Crippen molar-refractivity contribution >= 4 is 0 Å². The average molecular weight is 277 g/mol. The second kappa shape index (κ2) is 7.04. The third-order valence-corrected chi connectivity index (χ3v) is 4.00. The van der Waals surface area contributed by atoms with E-state index in [4.69, 9.17) is 4.74 Å². The summed E-state index contributed by atoms with van der Waals surface area (Å²) in [4.78, 5) is 7.09. The van der Waals surface area contributed by atoms with Gasteiger partial charge >= 0.3 is 0 Å². The summed E-state index contributed by atoms with van der Waals surface area (Å²) in [7, 11) is 1.70. The van der Waals surface area contributed by atoms with Crippen LogP contribution in [-0.2, 0) is 6.54 Å². The summed E-state index contributed by atoms with van der Waals surface area (Å²) in [6, 6.07) is 4.64. The van der Waals surface area contributed by atoms with Crippen molar-refractivity contribution in [2.24, 2.45) is 5.92 Å². The van der Waals surface area contributed by atoms with Gasteiger partial charge in [0.1, 0.15) is 5.75 Å². The molecule has 1 aromatic rings. The summed E-state index contributed by atoms with van der Waals surface area (Å²) in [5, 5.41) is 3.54. The predicted molar refractivity (Wildman–Crippen MR) is 82.0 cm³/mol. The van der Waals surface area contributed by atoms with Gasteiger partial charge in [-0.25, -0.2) is 0 Å². The van der Waals surface area contributed by atoms with E-state index < -0.39 is 0 Å². The number of nitrogens with zero attached hydrogens (tertiary/aromatic N) is 2. The lowest BCUT2D eigenvalue weighted by atomic mass is 10.1. The van der Waals surface area contributed by atoms with Crippen LogP contribution in [0.15, 0.2) is 12.1 Å². The molecule has 0 amide bonds. The first-order chi connectivity index (χ1) is 9.58. The van der Waals surface area contributed by atoms with E-state index in [1.165, 1.54) is 19.5 Å². The molecule has 1 N–H and O–H groups in total. The van der Waals surface area contributed by atoms with Crippen molar-refractivity contribution in [3.8, 4) is 5.75 Å². The molecule has 1 atom stereocenters. The Morgan fingerprint density at radius 2 is 2.25 bits per heavy atom. The quantitative estimate of drug-likeness (QED) is 0.865. The van der Waals surface area contributed by atoms with Crippen molar-refractivity contribution in [3.63, 3.8) is 0 Å². The van der Waals surface area contributed by atoms with E-state index in [2.05, 4.69) is 29.0 Å². The summed E-state index contributed by atoms with van der Waals surface area (Å²) in [6.07, 6.45) is 1.30. The molecule has 1 aromatic heterocycles. The van der Waals surface area contributed by atoms with E-state index in [-0.39, 0.29) is 0 Å². The Labute approximate surface area is 122 Å². The number of pyridine rings is 1. The fourth-order valence-electron chi connectivity index (χ4n) is 2.81. The molecule has 20 heavy (non-hydrogen) atoms. The number of nitrogens with one attached hydrogen (secondary N) is 1. The fourth-order valence-corrected chi connectivity index (χ4v) is 2.81. The third kappa shape index (κ3) is 4.18. The summed E-state index contributed by atoms with van der Waals surface area (Å²) < 4.78 is 5.28. The molecule has 1 aliphatic rings. The van der Waals surface area contributed by atoms with Gasteiger partial charge in [0, 0.05) is 37.0 Å². The molecule has 112 valence electrons. The molecule has 1 unspecified atom stereocenters. The highest BCUT2D eigenvalue weighted by Gasteiger charge is 2.23. The van der Waals surface area contributed by atoms with Gasteiger partial charge in [-0.2, -0.15) is 0 Å². The van der Waals surface area contributed by atoms with Crippen LogP contribution in [0.2, 0.25) is 0 Å². The van der Waals surface area contributed by atoms with Crippen molar-refractivity contribution in [3.05, 3.63) is 23.5 Å². The Balaban J connectivity index is 1.77. The van der Waals surface area contributed by atoms with Gasteiger partial charge in [0.25, 0.3) is 0 Å². The minimum absolute atomic E-state index is 0.669. The van der Waals surface area contributed by atoms with E-state index in [1.807, 2.05) is 19.1 Å². The molecular formula is C16H27N3O. The maximum Gasteiger partial charge on any atom is 0.122 e. The Morgan fingerprint density at radius 1 is 1.45 bits per heavy atom. The van der Waals surface area contributed by atoms with E-state index in [1.54, 1.807) is 7.11 Å². The molecular weight excluding hydrogens is 250 g/mol. The van der Waals surface area contributed by atoms with Gasteiger partial charge in [-0.15, -0.1) is 0 Å². The molecule has 1 aliphatic heterocycles. The van der Waals surface area contributed by atoms with Gasteiger partial charge in [-0.3, -0.25) is 4.98 Å². The lowest BCUT2D eigenvalue weighted by molar-refractivity contribution is 0.264. The second-order valence-corrected chi connectivity index (χ2v) is 6.01. The predicted octanol–water partition coefficient (Wildman–Crippen LogP) is 2.22. The molecule has 0 spiro atoms. The number of likely N-dealkylation sites (tertiary alicyclic amines) is 1. The molecule has 4 nitrogen and oxygen atoms in total. The minimum atomic E-state index is 0.669. The summed E-state index contributed by atoms with van der Waals surface area (Å²) in [6.45, 7) is 10.9. The minimum Gasteiger partial charge on any atom is -0.497 e. The van der Waals surface area contributed by atoms with Crippen LogP contribution in [0.1, 0.15) is 31.7 Å². The van der Waals surface area contributed by atoms with Crippen LogP contribution in [0.4, 0.5) is 0 Å². The molecule has 0 bridgehead atoms. The molecule has 0 aromatic carbocycles. The number of rotatable bonds is 6. The maximum absolute atomic E-state index is 5.28. The smallest absolute Gasteiger partial charge is 0.122 e. The van der Waals surface area contributed by atoms with Gasteiger partial charge in [0.2, 0.25) is 0 Å². The highest BCUT2D eigenvalue weighted by molar-refractivity contribution is 5.26. The molecule has 0 saturated carbocycles. The molecule has 4 heteroatoms. The first-order valence-corrected chi connectivity index (χ1v) is 7.55. The van der Waals surface area contributed by atoms with E-state index in [0.717, 1.165) is 36.1 Å². The molecule has 2 rings (SSSR count). The maximum atomic E-state index is 5.28. The Bertz CT molecular complexity index is 434. The van der Waals surface area contributed by atoms with Gasteiger partial charge in [0.05, 0.1) is 12.8 Å². The fraction of sp³-hybridized carbons (Fsp3) is 0.688. The first kappa shape index (κ1) is 15.3. The zero-order chi connectivity index (χ0) is 14.5. The van der Waals surface area contributed by atoms with Crippen LogP contribution in [-0.4, -0.2) is 42.7 Å². The monoisotopic (exact) mass is 277 g/mol. The number of methoxy groups -OCH3 is 1. The Morgan fingerprint density at radius 3 is 2.90 bits per heavy atom. The van der Waals surface area contributed by atoms with Crippen LogP contribution in [0.25, 0.3) is 0 Å². The van der Waals surface area contributed by atoms with Crippen molar-refractivity contribution in [2.75, 3.05) is 26.7 Å². The van der Waals surface area contributed by atoms with Crippen LogP contribution >= 0.6 is 0 Å². The SMILES string of the molecule is COc1cc(C)nc(CNCC2CCN(C(C)C)C2)c1. The summed E-state index contributed by atoms with van der Waals surface area (Å²) in [5.41, 5.74) is 2.06. The van der Waals surface area contributed by atoms with Gasteiger partial charge < -0.3 is 15.0 Å². The standard InChI is InChI=1S/C16H27N3O/c1-12(2)19-6-5-14(11-19)9-17-10-15-8-16(20-4)7-13(3)18-15/h7-8,12,14,17H,5-6,9-11H2,1-4H3. The largest absolute Gasteiger partial charge is 0.497 e. The highest BCUT2D eigenvalue weighted by atomic mass is 16.5. The molecule has 1 saturated heterocycles. The second-order valence-electron chi connectivity index (χ2n) is 6.01. The van der Waals surface area contributed by atoms with Crippen LogP contribution in [0, 0.1) is 12.8 Å². The number of ether oxygens (including phenoxy) is 1. The lowest BCUT2D eigenvalue weighted by Crippen LogP contribution is -2.30. The number of hydrogen-bond acceptors (Lipinski definition) is 4. The van der Waals surface area contributed by atoms with Crippen LogP contribution in [0.5, 0.6) is 5.75 Å². The van der Waals surface area contributed by atoms with E-state index >= 15 is 0 Å². The number of aromatic nitrogens is 1. The zero-order valence-corrected chi connectivity index (χ0v) is 13.1. The van der Waals surface area contributed by atoms with Crippen molar-refractivity contribution < 1.29 is 4.74 Å². The summed E-state index contributed by atoms with van der Waals surface area (Å²) >= 11 is 0. The molecule has 0 radical (unpaired) electrons. The molecule has 2 heterocycles. The van der Waals surface area contributed by atoms with Crippen molar-refractivity contribution in [1.29, 1.82) is 0 Å². The van der Waals surface area contributed by atoms with Crippen LogP contribution in [0.3, 0.4) is 0 Å². The van der Waals surface area contributed by atoms with Crippen LogP contribution < -0.4 is 10.1 Å². The van der Waals surface area contributed by atoms with Gasteiger partial charge in [-0.1, -0.05) is 0 Å². The van der Waals surface area contributed by atoms with Gasteiger partial charge in [-0.05, 0) is 46.2 Å². The number of aryl methyl sites for hydroxylation is 1.